The van der Waals surface area contributed by atoms with Crippen LogP contribution in [0.5, 0.6) is 0 Å². The van der Waals surface area contributed by atoms with Crippen molar-refractivity contribution < 1.29 is 0 Å². The van der Waals surface area contributed by atoms with Crippen molar-refractivity contribution in [2.24, 2.45) is 16.6 Å². The van der Waals surface area contributed by atoms with Crippen molar-refractivity contribution in [1.82, 2.24) is 9.97 Å². The first-order chi connectivity index (χ1) is 7.86. The summed E-state index contributed by atoms with van der Waals surface area (Å²) in [6.07, 6.45) is 10.9. The highest BCUT2D eigenvalue weighted by molar-refractivity contribution is 5.82. The molecule has 0 aromatic carbocycles. The lowest BCUT2D eigenvalue weighted by Gasteiger charge is -2.20. The maximum atomic E-state index is 6.01. The van der Waals surface area contributed by atoms with Crippen LogP contribution in [0.3, 0.4) is 0 Å². The standard InChI is InChI=1S/C12H20N4/c13-12(10-4-2-1-3-5-10)15-7-6-11-8-14-9-16-11/h8-10H,1-7H2,(H2,13,15)(H,14,16). The van der Waals surface area contributed by atoms with Crippen LogP contribution < -0.4 is 5.73 Å². The SMILES string of the molecule is NC(=NCCc1cnc[nH]1)C1CCCCC1. The maximum Gasteiger partial charge on any atom is 0.0968 e. The van der Waals surface area contributed by atoms with Crippen LogP contribution in [-0.2, 0) is 6.42 Å². The number of rotatable bonds is 4. The van der Waals surface area contributed by atoms with Gasteiger partial charge in [0, 0.05) is 30.8 Å². The Kier molecular flexibility index (Phi) is 3.97. The summed E-state index contributed by atoms with van der Waals surface area (Å²) in [7, 11) is 0. The van der Waals surface area contributed by atoms with Crippen molar-refractivity contribution in [3.05, 3.63) is 18.2 Å². The Balaban J connectivity index is 1.77. The topological polar surface area (TPSA) is 67.1 Å². The van der Waals surface area contributed by atoms with Gasteiger partial charge in [-0.05, 0) is 12.8 Å². The normalized spacial score (nSPS) is 18.9. The first-order valence-electron chi connectivity index (χ1n) is 6.13. The average molecular weight is 220 g/mol. The number of nitrogens with zero attached hydrogens (tertiary/aromatic N) is 2. The van der Waals surface area contributed by atoms with E-state index >= 15 is 0 Å². The number of aromatic amines is 1. The second kappa shape index (κ2) is 5.68. The van der Waals surface area contributed by atoms with Gasteiger partial charge in [-0.2, -0.15) is 0 Å². The summed E-state index contributed by atoms with van der Waals surface area (Å²) in [5.74, 6) is 1.40. The molecule has 0 spiro atoms. The van der Waals surface area contributed by atoms with Crippen LogP contribution in [-0.4, -0.2) is 22.3 Å². The number of imidazole rings is 1. The first-order valence-corrected chi connectivity index (χ1v) is 6.13. The van der Waals surface area contributed by atoms with E-state index in [0.717, 1.165) is 24.5 Å². The minimum atomic E-state index is 0.538. The third kappa shape index (κ3) is 3.08. The van der Waals surface area contributed by atoms with Crippen LogP contribution in [0.15, 0.2) is 17.5 Å². The Morgan fingerprint density at radius 3 is 2.94 bits per heavy atom. The van der Waals surface area contributed by atoms with E-state index in [0.29, 0.717) is 5.92 Å². The van der Waals surface area contributed by atoms with Gasteiger partial charge >= 0.3 is 0 Å². The highest BCUT2D eigenvalue weighted by atomic mass is 14.9. The predicted molar refractivity (Wildman–Crippen MR) is 65.4 cm³/mol. The van der Waals surface area contributed by atoms with Crippen LogP contribution in [0.25, 0.3) is 0 Å². The molecule has 0 atom stereocenters. The van der Waals surface area contributed by atoms with Gasteiger partial charge in [0.15, 0.2) is 0 Å². The molecule has 2 rings (SSSR count). The largest absolute Gasteiger partial charge is 0.387 e. The fourth-order valence-corrected chi connectivity index (χ4v) is 2.25. The van der Waals surface area contributed by atoms with E-state index in [2.05, 4.69) is 15.0 Å². The van der Waals surface area contributed by atoms with Gasteiger partial charge in [-0.15, -0.1) is 0 Å². The van der Waals surface area contributed by atoms with Crippen LogP contribution in [0.1, 0.15) is 37.8 Å². The molecule has 88 valence electrons. The quantitative estimate of drug-likeness (QED) is 0.601. The van der Waals surface area contributed by atoms with Gasteiger partial charge in [-0.3, -0.25) is 4.99 Å². The van der Waals surface area contributed by atoms with E-state index in [1.54, 1.807) is 6.33 Å². The van der Waals surface area contributed by atoms with E-state index < -0.39 is 0 Å². The lowest BCUT2D eigenvalue weighted by molar-refractivity contribution is 0.436. The minimum Gasteiger partial charge on any atom is -0.387 e. The zero-order valence-corrected chi connectivity index (χ0v) is 9.65. The molecular weight excluding hydrogens is 200 g/mol. The number of hydrogen-bond acceptors (Lipinski definition) is 2. The smallest absolute Gasteiger partial charge is 0.0968 e. The monoisotopic (exact) mass is 220 g/mol. The molecule has 0 unspecified atom stereocenters. The van der Waals surface area contributed by atoms with Crippen molar-refractivity contribution in [3.8, 4) is 0 Å². The second-order valence-corrected chi connectivity index (χ2v) is 4.47. The van der Waals surface area contributed by atoms with Crippen molar-refractivity contribution in [2.45, 2.75) is 38.5 Å². The van der Waals surface area contributed by atoms with Crippen LogP contribution in [0.2, 0.25) is 0 Å². The van der Waals surface area contributed by atoms with Gasteiger partial charge in [-0.25, -0.2) is 4.98 Å². The number of aromatic nitrogens is 2. The molecule has 1 fully saturated rings. The Bertz CT molecular complexity index is 323. The molecule has 3 N–H and O–H groups in total. The molecule has 1 saturated carbocycles. The summed E-state index contributed by atoms with van der Waals surface area (Å²) in [4.78, 5) is 11.5. The summed E-state index contributed by atoms with van der Waals surface area (Å²) >= 11 is 0. The number of amidine groups is 1. The van der Waals surface area contributed by atoms with Gasteiger partial charge in [0.1, 0.15) is 0 Å². The Morgan fingerprint density at radius 1 is 1.44 bits per heavy atom. The highest BCUT2D eigenvalue weighted by Gasteiger charge is 2.16. The molecule has 0 radical (unpaired) electrons. The van der Waals surface area contributed by atoms with Crippen molar-refractivity contribution in [1.29, 1.82) is 0 Å². The molecule has 1 heterocycles. The molecular formula is C12H20N4. The minimum absolute atomic E-state index is 0.538. The molecule has 0 saturated heterocycles. The average Bonchev–Trinajstić information content (AvgIpc) is 2.83. The van der Waals surface area contributed by atoms with E-state index in [9.17, 15) is 0 Å². The zero-order chi connectivity index (χ0) is 11.2. The number of aliphatic imine (C=N–C) groups is 1. The fraction of sp³-hybridized carbons (Fsp3) is 0.667. The Labute approximate surface area is 96.4 Å². The zero-order valence-electron chi connectivity index (χ0n) is 9.65. The number of H-pyrrole nitrogens is 1. The van der Waals surface area contributed by atoms with Crippen molar-refractivity contribution >= 4 is 5.84 Å². The van der Waals surface area contributed by atoms with Gasteiger partial charge in [0.25, 0.3) is 0 Å². The second-order valence-electron chi connectivity index (χ2n) is 4.47. The summed E-state index contributed by atoms with van der Waals surface area (Å²) in [5.41, 5.74) is 7.14. The van der Waals surface area contributed by atoms with Crippen LogP contribution in [0.4, 0.5) is 0 Å². The molecule has 0 aliphatic heterocycles. The van der Waals surface area contributed by atoms with Gasteiger partial charge in [0.2, 0.25) is 0 Å². The third-order valence-electron chi connectivity index (χ3n) is 3.25. The lowest BCUT2D eigenvalue weighted by Crippen LogP contribution is -2.26. The molecule has 1 aliphatic rings. The summed E-state index contributed by atoms with van der Waals surface area (Å²) in [6.45, 7) is 0.768. The summed E-state index contributed by atoms with van der Waals surface area (Å²) < 4.78 is 0. The Hall–Kier alpha value is -1.32. The van der Waals surface area contributed by atoms with E-state index in [1.807, 2.05) is 6.20 Å². The lowest BCUT2D eigenvalue weighted by atomic mass is 9.88. The van der Waals surface area contributed by atoms with Crippen LogP contribution >= 0.6 is 0 Å². The molecule has 4 nitrogen and oxygen atoms in total. The molecule has 0 bridgehead atoms. The summed E-state index contributed by atoms with van der Waals surface area (Å²) in [5, 5.41) is 0. The number of hydrogen-bond donors (Lipinski definition) is 2. The van der Waals surface area contributed by atoms with Crippen molar-refractivity contribution in [2.75, 3.05) is 6.54 Å². The van der Waals surface area contributed by atoms with E-state index in [1.165, 1.54) is 32.1 Å². The molecule has 0 amide bonds. The maximum absolute atomic E-state index is 6.01. The predicted octanol–water partition coefficient (Wildman–Crippen LogP) is 1.89. The van der Waals surface area contributed by atoms with Gasteiger partial charge in [-0.1, -0.05) is 19.3 Å². The molecule has 16 heavy (non-hydrogen) atoms. The van der Waals surface area contributed by atoms with E-state index in [-0.39, 0.29) is 0 Å². The van der Waals surface area contributed by atoms with Gasteiger partial charge in [0.05, 0.1) is 12.2 Å². The third-order valence-corrected chi connectivity index (χ3v) is 3.25. The molecule has 1 aliphatic carbocycles. The van der Waals surface area contributed by atoms with Crippen LogP contribution in [0, 0.1) is 5.92 Å². The fourth-order valence-electron chi connectivity index (χ4n) is 2.25. The highest BCUT2D eigenvalue weighted by Crippen LogP contribution is 2.23. The molecule has 4 heteroatoms. The molecule has 1 aromatic rings. The summed E-state index contributed by atoms with van der Waals surface area (Å²) in [6, 6.07) is 0. The van der Waals surface area contributed by atoms with E-state index in [4.69, 9.17) is 5.73 Å². The number of nitrogens with one attached hydrogen (secondary N) is 1. The first kappa shape index (κ1) is 11.2. The van der Waals surface area contributed by atoms with Crippen molar-refractivity contribution in [3.63, 3.8) is 0 Å². The molecule has 1 aromatic heterocycles. The Morgan fingerprint density at radius 2 is 2.25 bits per heavy atom. The van der Waals surface area contributed by atoms with Gasteiger partial charge < -0.3 is 10.7 Å². The number of nitrogens with two attached hydrogens (primary N) is 1.